The minimum atomic E-state index is -0.785. The van der Waals surface area contributed by atoms with Gasteiger partial charge in [-0.25, -0.2) is 0 Å². The lowest BCUT2D eigenvalue weighted by molar-refractivity contribution is -0.125. The van der Waals surface area contributed by atoms with E-state index in [4.69, 9.17) is 5.73 Å². The van der Waals surface area contributed by atoms with E-state index in [1.807, 2.05) is 0 Å². The molecule has 1 aliphatic heterocycles. The van der Waals surface area contributed by atoms with Gasteiger partial charge in [0.1, 0.15) is 6.04 Å². The van der Waals surface area contributed by atoms with Gasteiger partial charge >= 0.3 is 0 Å². The number of nitrogen functional groups attached to an aromatic ring is 1. The zero-order valence-electron chi connectivity index (χ0n) is 8.90. The number of imide groups is 1. The molecule has 1 heterocycles. The van der Waals surface area contributed by atoms with Crippen molar-refractivity contribution < 1.29 is 14.4 Å². The predicted octanol–water partition coefficient (Wildman–Crippen LogP) is -0.586. The van der Waals surface area contributed by atoms with Crippen molar-refractivity contribution in [1.82, 2.24) is 10.6 Å². The summed E-state index contributed by atoms with van der Waals surface area (Å²) in [6.45, 7) is 0. The van der Waals surface area contributed by atoms with Gasteiger partial charge in [-0.2, -0.15) is 0 Å². The first-order valence-electron chi connectivity index (χ1n) is 5.06. The summed E-state index contributed by atoms with van der Waals surface area (Å²) in [5.74, 6) is -1.25. The fourth-order valence-corrected chi connectivity index (χ4v) is 1.55. The Balaban J connectivity index is 2.04. The molecule has 17 heavy (non-hydrogen) atoms. The summed E-state index contributed by atoms with van der Waals surface area (Å²) >= 11 is 0. The van der Waals surface area contributed by atoms with Gasteiger partial charge < -0.3 is 11.1 Å². The number of nitrogens with two attached hydrogens (primary N) is 1. The van der Waals surface area contributed by atoms with Gasteiger partial charge in [-0.05, 0) is 24.3 Å². The first-order valence-corrected chi connectivity index (χ1v) is 5.06. The van der Waals surface area contributed by atoms with Gasteiger partial charge in [-0.1, -0.05) is 0 Å². The average molecular weight is 233 g/mol. The van der Waals surface area contributed by atoms with Crippen molar-refractivity contribution in [2.24, 2.45) is 0 Å². The first-order chi connectivity index (χ1) is 8.06. The molecular formula is C11H11N3O3. The third-order valence-corrected chi connectivity index (χ3v) is 2.45. The van der Waals surface area contributed by atoms with Crippen molar-refractivity contribution in [2.75, 3.05) is 5.73 Å². The average Bonchev–Trinajstić information content (AvgIpc) is 2.58. The second-order valence-corrected chi connectivity index (χ2v) is 3.76. The normalized spacial score (nSPS) is 18.9. The molecular weight excluding hydrogens is 222 g/mol. The Bertz CT molecular complexity index is 481. The number of benzene rings is 1. The molecule has 0 bridgehead atoms. The second-order valence-electron chi connectivity index (χ2n) is 3.76. The van der Waals surface area contributed by atoms with E-state index in [9.17, 15) is 14.4 Å². The summed E-state index contributed by atoms with van der Waals surface area (Å²) in [6, 6.07) is 5.51. The van der Waals surface area contributed by atoms with Crippen LogP contribution in [0.15, 0.2) is 24.3 Å². The molecule has 1 atom stereocenters. The largest absolute Gasteiger partial charge is 0.399 e. The summed E-state index contributed by atoms with van der Waals surface area (Å²) in [7, 11) is 0. The Hall–Kier alpha value is -2.37. The predicted molar refractivity (Wildman–Crippen MR) is 59.9 cm³/mol. The zero-order valence-corrected chi connectivity index (χ0v) is 8.90. The van der Waals surface area contributed by atoms with Gasteiger partial charge in [0.2, 0.25) is 11.8 Å². The van der Waals surface area contributed by atoms with E-state index in [2.05, 4.69) is 10.6 Å². The first kappa shape index (κ1) is 11.1. The molecule has 2 rings (SSSR count). The number of anilines is 1. The van der Waals surface area contributed by atoms with Gasteiger partial charge in [0.25, 0.3) is 5.91 Å². The monoisotopic (exact) mass is 233 g/mol. The van der Waals surface area contributed by atoms with Crippen molar-refractivity contribution in [3.05, 3.63) is 29.8 Å². The number of carbonyl (C=O) groups excluding carboxylic acids is 3. The Kier molecular flexibility index (Phi) is 2.78. The quantitative estimate of drug-likeness (QED) is 0.469. The van der Waals surface area contributed by atoms with Crippen LogP contribution in [0.1, 0.15) is 16.8 Å². The molecule has 6 heteroatoms. The lowest BCUT2D eigenvalue weighted by Crippen LogP contribution is -2.40. The number of carbonyl (C=O) groups is 3. The van der Waals surface area contributed by atoms with Crippen LogP contribution in [0, 0.1) is 0 Å². The van der Waals surface area contributed by atoms with Crippen molar-refractivity contribution in [3.8, 4) is 0 Å². The molecule has 0 spiro atoms. The van der Waals surface area contributed by atoms with Crippen LogP contribution in [0.2, 0.25) is 0 Å². The van der Waals surface area contributed by atoms with Crippen LogP contribution in [-0.2, 0) is 9.59 Å². The Morgan fingerprint density at radius 1 is 1.29 bits per heavy atom. The molecule has 1 aromatic rings. The van der Waals surface area contributed by atoms with Gasteiger partial charge in [0.05, 0.1) is 6.42 Å². The van der Waals surface area contributed by atoms with E-state index in [-0.39, 0.29) is 12.3 Å². The van der Waals surface area contributed by atoms with Crippen molar-refractivity contribution >= 4 is 23.4 Å². The molecule has 0 saturated carbocycles. The van der Waals surface area contributed by atoms with Crippen LogP contribution in [0.25, 0.3) is 0 Å². The molecule has 1 saturated heterocycles. The molecule has 4 N–H and O–H groups in total. The lowest BCUT2D eigenvalue weighted by Gasteiger charge is -2.09. The molecule has 1 fully saturated rings. The summed E-state index contributed by atoms with van der Waals surface area (Å²) < 4.78 is 0. The van der Waals surface area contributed by atoms with Crippen LogP contribution in [0.4, 0.5) is 5.69 Å². The third kappa shape index (κ3) is 2.41. The van der Waals surface area contributed by atoms with Gasteiger partial charge in [-0.15, -0.1) is 0 Å². The van der Waals surface area contributed by atoms with Crippen LogP contribution in [0.3, 0.4) is 0 Å². The smallest absolute Gasteiger partial charge is 0.251 e. The molecule has 0 radical (unpaired) electrons. The van der Waals surface area contributed by atoms with E-state index < -0.39 is 17.9 Å². The van der Waals surface area contributed by atoms with Crippen molar-refractivity contribution in [2.45, 2.75) is 12.5 Å². The molecule has 1 aliphatic rings. The number of hydrogen-bond donors (Lipinski definition) is 3. The van der Waals surface area contributed by atoms with E-state index in [0.717, 1.165) is 0 Å². The van der Waals surface area contributed by atoms with E-state index >= 15 is 0 Å². The maximum Gasteiger partial charge on any atom is 0.251 e. The molecule has 6 nitrogen and oxygen atoms in total. The molecule has 0 aliphatic carbocycles. The molecule has 1 aromatic carbocycles. The minimum absolute atomic E-state index is 0.0143. The molecule has 88 valence electrons. The Labute approximate surface area is 97.2 Å². The summed E-state index contributed by atoms with van der Waals surface area (Å²) in [4.78, 5) is 33.9. The topological polar surface area (TPSA) is 101 Å². The second kappa shape index (κ2) is 4.25. The number of amides is 3. The third-order valence-electron chi connectivity index (χ3n) is 2.45. The summed E-state index contributed by atoms with van der Waals surface area (Å²) in [5, 5.41) is 4.60. The zero-order chi connectivity index (χ0) is 12.4. The van der Waals surface area contributed by atoms with E-state index in [1.54, 1.807) is 24.3 Å². The molecule has 3 amide bonds. The van der Waals surface area contributed by atoms with Crippen molar-refractivity contribution in [1.29, 1.82) is 0 Å². The summed E-state index contributed by atoms with van der Waals surface area (Å²) in [5.41, 5.74) is 6.44. The highest BCUT2D eigenvalue weighted by Gasteiger charge is 2.31. The number of nitrogens with one attached hydrogen (secondary N) is 2. The highest BCUT2D eigenvalue weighted by Crippen LogP contribution is 2.07. The van der Waals surface area contributed by atoms with Gasteiger partial charge in [0.15, 0.2) is 0 Å². The molecule has 1 unspecified atom stereocenters. The SMILES string of the molecule is Nc1ccc(C(=O)NC2CC(=O)NC2=O)cc1. The summed E-state index contributed by atoms with van der Waals surface area (Å²) in [6.07, 6.45) is -0.0143. The fraction of sp³-hybridized carbons (Fsp3) is 0.182. The molecule has 0 aromatic heterocycles. The lowest BCUT2D eigenvalue weighted by atomic mass is 10.1. The maximum atomic E-state index is 11.7. The van der Waals surface area contributed by atoms with Crippen LogP contribution in [-0.4, -0.2) is 23.8 Å². The highest BCUT2D eigenvalue weighted by molar-refractivity contribution is 6.08. The van der Waals surface area contributed by atoms with Gasteiger partial charge in [0, 0.05) is 11.3 Å². The fourth-order valence-electron chi connectivity index (χ4n) is 1.55. The van der Waals surface area contributed by atoms with Crippen molar-refractivity contribution in [3.63, 3.8) is 0 Å². The Morgan fingerprint density at radius 3 is 2.47 bits per heavy atom. The Morgan fingerprint density at radius 2 is 1.94 bits per heavy atom. The van der Waals surface area contributed by atoms with E-state index in [0.29, 0.717) is 11.3 Å². The highest BCUT2D eigenvalue weighted by atomic mass is 16.2. The van der Waals surface area contributed by atoms with Gasteiger partial charge in [-0.3, -0.25) is 19.7 Å². The van der Waals surface area contributed by atoms with Crippen LogP contribution >= 0.6 is 0 Å². The number of rotatable bonds is 2. The van der Waals surface area contributed by atoms with Crippen LogP contribution in [0.5, 0.6) is 0 Å². The van der Waals surface area contributed by atoms with Crippen LogP contribution < -0.4 is 16.4 Å². The number of hydrogen-bond acceptors (Lipinski definition) is 4. The standard InChI is InChI=1S/C11H11N3O3/c12-7-3-1-6(2-4-7)10(16)13-8-5-9(15)14-11(8)17/h1-4,8H,5,12H2,(H,13,16)(H,14,15,17). The maximum absolute atomic E-state index is 11.7. The van der Waals surface area contributed by atoms with E-state index in [1.165, 1.54) is 0 Å². The minimum Gasteiger partial charge on any atom is -0.399 e.